The second-order valence-electron chi connectivity index (χ2n) is 6.69. The average Bonchev–Trinajstić information content (AvgIpc) is 3.17. The Morgan fingerprint density at radius 3 is 2.61 bits per heavy atom. The van der Waals surface area contributed by atoms with Gasteiger partial charge in [-0.15, -0.1) is 0 Å². The second kappa shape index (κ2) is 7.28. The van der Waals surface area contributed by atoms with E-state index >= 15 is 0 Å². The van der Waals surface area contributed by atoms with Gasteiger partial charge < -0.3 is 9.67 Å². The Balaban J connectivity index is 1.75. The second-order valence-corrected chi connectivity index (χ2v) is 6.69. The van der Waals surface area contributed by atoms with E-state index in [9.17, 15) is 5.11 Å². The van der Waals surface area contributed by atoms with Crippen molar-refractivity contribution in [1.82, 2.24) is 14.5 Å². The molecule has 0 radical (unpaired) electrons. The van der Waals surface area contributed by atoms with Crippen molar-refractivity contribution in [3.05, 3.63) is 54.1 Å². The van der Waals surface area contributed by atoms with E-state index in [0.717, 1.165) is 57.7 Å². The van der Waals surface area contributed by atoms with E-state index < -0.39 is 5.60 Å². The van der Waals surface area contributed by atoms with Crippen LogP contribution in [0.1, 0.15) is 44.0 Å². The number of aliphatic hydroxyl groups is 1. The number of hydrogen-bond acceptors (Lipinski definition) is 3. The minimum atomic E-state index is -0.529. The van der Waals surface area contributed by atoms with Crippen molar-refractivity contribution in [2.24, 2.45) is 0 Å². The summed E-state index contributed by atoms with van der Waals surface area (Å²) in [7, 11) is 0. The quantitative estimate of drug-likeness (QED) is 0.853. The van der Waals surface area contributed by atoms with Crippen molar-refractivity contribution >= 4 is 0 Å². The normalized spacial score (nSPS) is 17.0. The third-order valence-electron chi connectivity index (χ3n) is 4.81. The molecule has 0 unspecified atom stereocenters. The highest BCUT2D eigenvalue weighted by Crippen LogP contribution is 2.31. The lowest BCUT2D eigenvalue weighted by Gasteiger charge is -2.31. The van der Waals surface area contributed by atoms with Crippen molar-refractivity contribution in [3.63, 3.8) is 0 Å². The van der Waals surface area contributed by atoms with Gasteiger partial charge in [0.25, 0.3) is 0 Å². The highest BCUT2D eigenvalue weighted by Gasteiger charge is 2.33. The third kappa shape index (κ3) is 4.21. The fraction of sp³-hybridized carbons (Fsp3) is 0.526. The lowest BCUT2D eigenvalue weighted by Crippen LogP contribution is -2.40. The smallest absolute Gasteiger partial charge is 0.122 e. The topological polar surface area (TPSA) is 41.3 Å². The molecule has 0 atom stereocenters. The molecule has 1 aliphatic carbocycles. The molecule has 1 aromatic carbocycles. The van der Waals surface area contributed by atoms with E-state index in [1.165, 1.54) is 5.56 Å². The first-order chi connectivity index (χ1) is 11.2. The van der Waals surface area contributed by atoms with Gasteiger partial charge in [-0.05, 0) is 25.3 Å². The van der Waals surface area contributed by atoms with Crippen LogP contribution in [0.15, 0.2) is 42.7 Å². The van der Waals surface area contributed by atoms with Crippen LogP contribution in [0.25, 0.3) is 0 Å². The Morgan fingerprint density at radius 2 is 1.91 bits per heavy atom. The van der Waals surface area contributed by atoms with Crippen LogP contribution in [-0.4, -0.2) is 31.7 Å². The van der Waals surface area contributed by atoms with Crippen molar-refractivity contribution in [2.45, 2.75) is 57.8 Å². The summed E-state index contributed by atoms with van der Waals surface area (Å²) in [6.45, 7) is 5.41. The SMILES string of the molecule is CCn1ccnc1CN(Cc1ccccc1)CC1(O)CCCC1. The molecule has 1 fully saturated rings. The molecule has 1 aliphatic rings. The van der Waals surface area contributed by atoms with E-state index in [1.807, 2.05) is 18.5 Å². The highest BCUT2D eigenvalue weighted by atomic mass is 16.3. The molecular formula is C19H27N3O. The molecule has 1 aromatic heterocycles. The standard InChI is InChI=1S/C19H27N3O/c1-2-22-13-12-20-18(22)15-21(14-17-8-4-3-5-9-17)16-19(23)10-6-7-11-19/h3-5,8-9,12-13,23H,2,6-7,10-11,14-16H2,1H3. The monoisotopic (exact) mass is 313 g/mol. The third-order valence-corrected chi connectivity index (χ3v) is 4.81. The molecule has 4 heteroatoms. The van der Waals surface area contributed by atoms with Crippen LogP contribution in [0.3, 0.4) is 0 Å². The molecule has 1 N–H and O–H groups in total. The molecule has 0 spiro atoms. The van der Waals surface area contributed by atoms with Gasteiger partial charge in [-0.3, -0.25) is 4.90 Å². The molecule has 2 aromatic rings. The Hall–Kier alpha value is -1.65. The summed E-state index contributed by atoms with van der Waals surface area (Å²) in [5.41, 5.74) is 0.752. The van der Waals surface area contributed by atoms with Crippen LogP contribution in [0, 0.1) is 0 Å². The molecule has 0 amide bonds. The number of imidazole rings is 1. The molecule has 0 saturated heterocycles. The van der Waals surface area contributed by atoms with Gasteiger partial charge in [-0.1, -0.05) is 43.2 Å². The molecule has 1 saturated carbocycles. The van der Waals surface area contributed by atoms with Crippen molar-refractivity contribution in [3.8, 4) is 0 Å². The number of hydrogen-bond donors (Lipinski definition) is 1. The van der Waals surface area contributed by atoms with E-state index in [2.05, 4.69) is 45.6 Å². The Labute approximate surface area is 138 Å². The van der Waals surface area contributed by atoms with Gasteiger partial charge in [0, 0.05) is 32.0 Å². The Bertz CT molecular complexity index is 602. The zero-order valence-electron chi connectivity index (χ0n) is 14.0. The number of benzene rings is 1. The summed E-state index contributed by atoms with van der Waals surface area (Å²) in [4.78, 5) is 6.85. The lowest BCUT2D eigenvalue weighted by molar-refractivity contribution is 0.00358. The van der Waals surface area contributed by atoms with E-state index in [1.54, 1.807) is 0 Å². The summed E-state index contributed by atoms with van der Waals surface area (Å²) in [5.74, 6) is 1.07. The molecule has 4 nitrogen and oxygen atoms in total. The van der Waals surface area contributed by atoms with Crippen molar-refractivity contribution in [2.75, 3.05) is 6.54 Å². The molecule has 3 rings (SSSR count). The molecule has 0 aliphatic heterocycles. The van der Waals surface area contributed by atoms with Crippen molar-refractivity contribution < 1.29 is 5.11 Å². The van der Waals surface area contributed by atoms with Crippen LogP contribution in [0.4, 0.5) is 0 Å². The predicted molar refractivity (Wildman–Crippen MR) is 91.9 cm³/mol. The molecule has 23 heavy (non-hydrogen) atoms. The van der Waals surface area contributed by atoms with Crippen LogP contribution < -0.4 is 0 Å². The fourth-order valence-electron chi connectivity index (χ4n) is 3.60. The summed E-state index contributed by atoms with van der Waals surface area (Å²) >= 11 is 0. The highest BCUT2D eigenvalue weighted by molar-refractivity contribution is 5.14. The van der Waals surface area contributed by atoms with Gasteiger partial charge in [0.1, 0.15) is 5.82 Å². The van der Waals surface area contributed by atoms with Gasteiger partial charge in [0.2, 0.25) is 0 Å². The van der Waals surface area contributed by atoms with Gasteiger partial charge >= 0.3 is 0 Å². The van der Waals surface area contributed by atoms with Crippen LogP contribution >= 0.6 is 0 Å². The minimum absolute atomic E-state index is 0.529. The lowest BCUT2D eigenvalue weighted by atomic mass is 10.0. The van der Waals surface area contributed by atoms with Crippen LogP contribution in [-0.2, 0) is 19.6 Å². The van der Waals surface area contributed by atoms with E-state index in [-0.39, 0.29) is 0 Å². The van der Waals surface area contributed by atoms with Gasteiger partial charge in [0.15, 0.2) is 0 Å². The molecule has 0 bridgehead atoms. The maximum absolute atomic E-state index is 10.8. The maximum Gasteiger partial charge on any atom is 0.122 e. The fourth-order valence-corrected chi connectivity index (χ4v) is 3.60. The van der Waals surface area contributed by atoms with Crippen LogP contribution in [0.5, 0.6) is 0 Å². The summed E-state index contributed by atoms with van der Waals surface area (Å²) in [6, 6.07) is 10.5. The van der Waals surface area contributed by atoms with Crippen molar-refractivity contribution in [1.29, 1.82) is 0 Å². The number of nitrogens with zero attached hydrogens (tertiary/aromatic N) is 3. The minimum Gasteiger partial charge on any atom is -0.389 e. The summed E-state index contributed by atoms with van der Waals surface area (Å²) in [5, 5.41) is 10.8. The number of aryl methyl sites for hydroxylation is 1. The maximum atomic E-state index is 10.8. The van der Waals surface area contributed by atoms with Crippen LogP contribution in [0.2, 0.25) is 0 Å². The van der Waals surface area contributed by atoms with E-state index in [4.69, 9.17) is 0 Å². The first-order valence-corrected chi connectivity index (χ1v) is 8.67. The summed E-state index contributed by atoms with van der Waals surface area (Å²) in [6.07, 6.45) is 8.00. The molecule has 1 heterocycles. The Morgan fingerprint density at radius 1 is 1.17 bits per heavy atom. The van der Waals surface area contributed by atoms with Gasteiger partial charge in [-0.25, -0.2) is 4.98 Å². The first-order valence-electron chi connectivity index (χ1n) is 8.67. The number of rotatable bonds is 7. The Kier molecular flexibility index (Phi) is 5.13. The molecular weight excluding hydrogens is 286 g/mol. The van der Waals surface area contributed by atoms with Gasteiger partial charge in [-0.2, -0.15) is 0 Å². The largest absolute Gasteiger partial charge is 0.389 e. The average molecular weight is 313 g/mol. The zero-order valence-corrected chi connectivity index (χ0v) is 14.0. The number of aromatic nitrogens is 2. The summed E-state index contributed by atoms with van der Waals surface area (Å²) < 4.78 is 2.18. The van der Waals surface area contributed by atoms with E-state index in [0.29, 0.717) is 0 Å². The van der Waals surface area contributed by atoms with Gasteiger partial charge in [0.05, 0.1) is 12.1 Å². The first kappa shape index (κ1) is 16.2. The predicted octanol–water partition coefficient (Wildman–Crippen LogP) is 3.21. The zero-order chi connectivity index (χ0) is 16.1. The molecule has 124 valence electrons.